The second-order valence-corrected chi connectivity index (χ2v) is 6.37. The Morgan fingerprint density at radius 3 is 2.85 bits per heavy atom. The normalized spacial score (nSPS) is 11.1. The molecule has 3 rings (SSSR count). The van der Waals surface area contributed by atoms with E-state index in [1.54, 1.807) is 6.21 Å². The van der Waals surface area contributed by atoms with Gasteiger partial charge in [0, 0.05) is 0 Å². The second kappa shape index (κ2) is 9.05. The van der Waals surface area contributed by atoms with E-state index >= 15 is 0 Å². The zero-order valence-electron chi connectivity index (χ0n) is 14.3. The summed E-state index contributed by atoms with van der Waals surface area (Å²) in [5.74, 6) is 0.771. The van der Waals surface area contributed by atoms with Crippen molar-refractivity contribution in [2.45, 2.75) is 18.6 Å². The number of amides is 1. The number of para-hydroxylation sites is 2. The summed E-state index contributed by atoms with van der Waals surface area (Å²) in [6.07, 6.45) is 2.56. The molecule has 1 aromatic heterocycles. The molecule has 134 valence electrons. The van der Waals surface area contributed by atoms with Gasteiger partial charge in [0.15, 0.2) is 5.58 Å². The molecule has 26 heavy (non-hydrogen) atoms. The Labute approximate surface area is 155 Å². The third-order valence-electron chi connectivity index (χ3n) is 3.36. The van der Waals surface area contributed by atoms with Crippen molar-refractivity contribution in [3.63, 3.8) is 0 Å². The lowest BCUT2D eigenvalue weighted by molar-refractivity contribution is -0.118. The lowest BCUT2D eigenvalue weighted by Crippen LogP contribution is -2.19. The van der Waals surface area contributed by atoms with Gasteiger partial charge in [0.05, 0.1) is 18.6 Å². The van der Waals surface area contributed by atoms with Crippen molar-refractivity contribution in [2.24, 2.45) is 5.10 Å². The molecule has 0 saturated carbocycles. The highest BCUT2D eigenvalue weighted by molar-refractivity contribution is 7.99. The Balaban J connectivity index is 1.45. The molecule has 0 atom stereocenters. The number of carbonyl (C=O) groups excluding carboxylic acids is 1. The SMILES string of the molecule is CCCOc1ccc(/C=N/NC(=O)CSc2nc3ccccc3o2)cc1. The van der Waals surface area contributed by atoms with E-state index < -0.39 is 0 Å². The fourth-order valence-corrected chi connectivity index (χ4v) is 2.75. The molecular weight excluding hydrogens is 350 g/mol. The highest BCUT2D eigenvalue weighted by Crippen LogP contribution is 2.22. The molecule has 0 spiro atoms. The first-order valence-electron chi connectivity index (χ1n) is 8.28. The Kier molecular flexibility index (Phi) is 6.27. The lowest BCUT2D eigenvalue weighted by Gasteiger charge is -2.03. The van der Waals surface area contributed by atoms with Crippen LogP contribution in [0.3, 0.4) is 0 Å². The van der Waals surface area contributed by atoms with Crippen LogP contribution in [-0.4, -0.2) is 29.5 Å². The van der Waals surface area contributed by atoms with Crippen LogP contribution in [0.25, 0.3) is 11.1 Å². The van der Waals surface area contributed by atoms with Crippen LogP contribution in [0, 0.1) is 0 Å². The molecule has 6 nitrogen and oxygen atoms in total. The van der Waals surface area contributed by atoms with Crippen LogP contribution in [0.4, 0.5) is 0 Å². The van der Waals surface area contributed by atoms with Crippen molar-refractivity contribution >= 4 is 35.0 Å². The summed E-state index contributed by atoms with van der Waals surface area (Å²) in [5, 5.41) is 4.42. The molecule has 0 saturated heterocycles. The van der Waals surface area contributed by atoms with Gasteiger partial charge in [-0.3, -0.25) is 4.79 Å². The third-order valence-corrected chi connectivity index (χ3v) is 4.18. The highest BCUT2D eigenvalue weighted by Gasteiger charge is 2.08. The first-order chi connectivity index (χ1) is 12.7. The van der Waals surface area contributed by atoms with E-state index in [1.165, 1.54) is 11.8 Å². The summed E-state index contributed by atoms with van der Waals surface area (Å²) in [5.41, 5.74) is 4.85. The number of nitrogens with zero attached hydrogens (tertiary/aromatic N) is 2. The van der Waals surface area contributed by atoms with Crippen molar-refractivity contribution in [1.29, 1.82) is 0 Å². The number of rotatable bonds is 8. The smallest absolute Gasteiger partial charge is 0.257 e. The summed E-state index contributed by atoms with van der Waals surface area (Å²) in [7, 11) is 0. The maximum absolute atomic E-state index is 11.9. The van der Waals surface area contributed by atoms with Crippen molar-refractivity contribution < 1.29 is 13.9 Å². The Hall–Kier alpha value is -2.80. The molecule has 1 amide bonds. The van der Waals surface area contributed by atoms with Crippen molar-refractivity contribution in [3.05, 3.63) is 54.1 Å². The molecule has 0 bridgehead atoms. The van der Waals surface area contributed by atoms with Gasteiger partial charge < -0.3 is 9.15 Å². The first kappa shape index (κ1) is 18.0. The number of fused-ring (bicyclic) bond motifs is 1. The number of nitrogens with one attached hydrogen (secondary N) is 1. The number of hydrazone groups is 1. The largest absolute Gasteiger partial charge is 0.494 e. The predicted molar refractivity (Wildman–Crippen MR) is 103 cm³/mol. The number of hydrogen-bond donors (Lipinski definition) is 1. The topological polar surface area (TPSA) is 76.7 Å². The molecule has 7 heteroatoms. The number of thioether (sulfide) groups is 1. The average Bonchev–Trinajstić information content (AvgIpc) is 3.09. The van der Waals surface area contributed by atoms with Crippen molar-refractivity contribution in [3.8, 4) is 5.75 Å². The van der Waals surface area contributed by atoms with Crippen molar-refractivity contribution in [1.82, 2.24) is 10.4 Å². The Morgan fingerprint density at radius 2 is 2.08 bits per heavy atom. The fraction of sp³-hybridized carbons (Fsp3) is 0.211. The van der Waals surface area contributed by atoms with Crippen LogP contribution in [0.1, 0.15) is 18.9 Å². The molecule has 3 aromatic rings. The van der Waals surface area contributed by atoms with E-state index in [4.69, 9.17) is 9.15 Å². The monoisotopic (exact) mass is 369 g/mol. The third kappa shape index (κ3) is 5.10. The van der Waals surface area contributed by atoms with Crippen LogP contribution >= 0.6 is 11.8 Å². The molecule has 0 unspecified atom stereocenters. The highest BCUT2D eigenvalue weighted by atomic mass is 32.2. The van der Waals surface area contributed by atoms with E-state index in [0.29, 0.717) is 17.4 Å². The molecule has 0 aliphatic carbocycles. The van der Waals surface area contributed by atoms with Gasteiger partial charge in [-0.05, 0) is 48.4 Å². The van der Waals surface area contributed by atoms with E-state index in [-0.39, 0.29) is 11.7 Å². The van der Waals surface area contributed by atoms with Crippen LogP contribution < -0.4 is 10.2 Å². The predicted octanol–water partition coefficient (Wildman–Crippen LogP) is 3.86. The van der Waals surface area contributed by atoms with Crippen LogP contribution in [0.2, 0.25) is 0 Å². The van der Waals surface area contributed by atoms with Gasteiger partial charge in [-0.2, -0.15) is 5.10 Å². The van der Waals surface area contributed by atoms with E-state index in [0.717, 1.165) is 23.3 Å². The molecule has 0 radical (unpaired) electrons. The molecule has 0 fully saturated rings. The minimum atomic E-state index is -0.226. The standard InChI is InChI=1S/C19H19N3O3S/c1-2-11-24-15-9-7-14(8-10-15)12-20-22-18(23)13-26-19-21-16-5-3-4-6-17(16)25-19/h3-10,12H,2,11,13H2,1H3,(H,22,23)/b20-12+. The fourth-order valence-electron chi connectivity index (χ4n) is 2.12. The van der Waals surface area contributed by atoms with Crippen molar-refractivity contribution in [2.75, 3.05) is 12.4 Å². The number of carbonyl (C=O) groups is 1. The summed E-state index contributed by atoms with van der Waals surface area (Å²) < 4.78 is 11.1. The minimum absolute atomic E-state index is 0.175. The lowest BCUT2D eigenvalue weighted by atomic mass is 10.2. The zero-order valence-corrected chi connectivity index (χ0v) is 15.2. The zero-order chi connectivity index (χ0) is 18.2. The van der Waals surface area contributed by atoms with E-state index in [9.17, 15) is 4.79 Å². The van der Waals surface area contributed by atoms with Gasteiger partial charge in [-0.25, -0.2) is 10.4 Å². The summed E-state index contributed by atoms with van der Waals surface area (Å²) in [6.45, 7) is 2.76. The minimum Gasteiger partial charge on any atom is -0.494 e. The summed E-state index contributed by atoms with van der Waals surface area (Å²) in [4.78, 5) is 16.2. The summed E-state index contributed by atoms with van der Waals surface area (Å²) in [6, 6.07) is 15.0. The van der Waals surface area contributed by atoms with Gasteiger partial charge in [-0.1, -0.05) is 30.8 Å². The number of ether oxygens (including phenoxy) is 1. The molecule has 1 heterocycles. The maximum atomic E-state index is 11.9. The number of oxazole rings is 1. The Morgan fingerprint density at radius 1 is 1.27 bits per heavy atom. The molecule has 1 N–H and O–H groups in total. The molecule has 2 aromatic carbocycles. The quantitative estimate of drug-likeness (QED) is 0.371. The van der Waals surface area contributed by atoms with Gasteiger partial charge in [0.2, 0.25) is 0 Å². The maximum Gasteiger partial charge on any atom is 0.257 e. The Bertz CT molecular complexity index is 857. The van der Waals surface area contributed by atoms with Gasteiger partial charge in [0.1, 0.15) is 11.3 Å². The number of aromatic nitrogens is 1. The van der Waals surface area contributed by atoms with Crippen LogP contribution in [0.5, 0.6) is 5.75 Å². The van der Waals surface area contributed by atoms with Crippen LogP contribution in [-0.2, 0) is 4.79 Å². The molecule has 0 aliphatic heterocycles. The van der Waals surface area contributed by atoms with E-state index in [2.05, 4.69) is 22.4 Å². The first-order valence-corrected chi connectivity index (χ1v) is 9.26. The summed E-state index contributed by atoms with van der Waals surface area (Å²) >= 11 is 1.23. The number of benzene rings is 2. The molecule has 0 aliphatic rings. The second-order valence-electron chi connectivity index (χ2n) is 5.45. The van der Waals surface area contributed by atoms with Gasteiger partial charge in [-0.15, -0.1) is 0 Å². The molecular formula is C19H19N3O3S. The average molecular weight is 369 g/mol. The van der Waals surface area contributed by atoms with E-state index in [1.807, 2.05) is 48.5 Å². The van der Waals surface area contributed by atoms with Crippen LogP contribution in [0.15, 0.2) is 63.3 Å². The van der Waals surface area contributed by atoms with Gasteiger partial charge in [0.25, 0.3) is 11.1 Å². The number of hydrogen-bond acceptors (Lipinski definition) is 6. The van der Waals surface area contributed by atoms with Gasteiger partial charge >= 0.3 is 0 Å².